The molecule has 164 valence electrons. The molecule has 0 radical (unpaired) electrons. The maximum absolute atomic E-state index is 11.6. The van der Waals surface area contributed by atoms with Crippen molar-refractivity contribution in [2.45, 2.75) is 13.0 Å². The molecule has 1 heterocycles. The Balaban J connectivity index is 1.51. The molecule has 32 heavy (non-hydrogen) atoms. The van der Waals surface area contributed by atoms with Gasteiger partial charge in [0, 0.05) is 55.2 Å². The normalized spacial score (nSPS) is 14.7. The van der Waals surface area contributed by atoms with Crippen LogP contribution in [0.5, 0.6) is 0 Å². The van der Waals surface area contributed by atoms with Gasteiger partial charge in [-0.3, -0.25) is 14.9 Å². The molecule has 1 unspecified atom stereocenters. The molecule has 1 atom stereocenters. The van der Waals surface area contributed by atoms with Gasteiger partial charge in [-0.2, -0.15) is 0 Å². The minimum absolute atomic E-state index is 0.0649. The predicted octanol–water partition coefficient (Wildman–Crippen LogP) is 4.91. The van der Waals surface area contributed by atoms with Crippen molar-refractivity contribution >= 4 is 29.0 Å². The van der Waals surface area contributed by atoms with E-state index in [1.807, 2.05) is 73.7 Å². The number of para-hydroxylation sites is 1. The first kappa shape index (κ1) is 21.4. The minimum Gasteiger partial charge on any atom is -0.373 e. The van der Waals surface area contributed by atoms with Crippen molar-refractivity contribution < 1.29 is 9.72 Å². The largest absolute Gasteiger partial charge is 0.373 e. The van der Waals surface area contributed by atoms with E-state index in [9.17, 15) is 14.9 Å². The number of hydrogen-bond donors (Lipinski definition) is 1. The molecule has 1 aliphatic rings. The predicted molar refractivity (Wildman–Crippen MR) is 128 cm³/mol. The molecular weight excluding hydrogens is 404 g/mol. The minimum atomic E-state index is -0.349. The van der Waals surface area contributed by atoms with Crippen LogP contribution in [0.4, 0.5) is 22.7 Å². The zero-order valence-electron chi connectivity index (χ0n) is 18.0. The molecule has 1 saturated heterocycles. The summed E-state index contributed by atoms with van der Waals surface area (Å²) in [6, 6.07) is 22.7. The number of nitro benzene ring substituents is 1. The summed E-state index contributed by atoms with van der Waals surface area (Å²) in [5, 5.41) is 14.9. The van der Waals surface area contributed by atoms with E-state index in [1.165, 1.54) is 0 Å². The van der Waals surface area contributed by atoms with E-state index in [2.05, 4.69) is 15.1 Å². The van der Waals surface area contributed by atoms with Gasteiger partial charge in [-0.1, -0.05) is 42.5 Å². The first-order chi connectivity index (χ1) is 15.6. The fourth-order valence-corrected chi connectivity index (χ4v) is 4.13. The molecule has 4 rings (SSSR count). The van der Waals surface area contributed by atoms with E-state index in [-0.39, 0.29) is 16.7 Å². The van der Waals surface area contributed by atoms with Crippen LogP contribution in [0.25, 0.3) is 0 Å². The molecule has 3 aromatic carbocycles. The van der Waals surface area contributed by atoms with Gasteiger partial charge in [-0.05, 0) is 36.8 Å². The molecule has 1 fully saturated rings. The van der Waals surface area contributed by atoms with Crippen molar-refractivity contribution in [1.82, 2.24) is 0 Å². The Labute approximate surface area is 187 Å². The molecule has 1 N–H and O–H groups in total. The first-order valence-electron chi connectivity index (χ1n) is 10.7. The lowest BCUT2D eigenvalue weighted by Crippen LogP contribution is -2.46. The molecule has 0 saturated carbocycles. The van der Waals surface area contributed by atoms with Crippen LogP contribution < -0.4 is 15.1 Å². The highest BCUT2D eigenvalue weighted by molar-refractivity contribution is 5.84. The number of rotatable bonds is 7. The zero-order valence-corrected chi connectivity index (χ0v) is 18.0. The van der Waals surface area contributed by atoms with E-state index in [4.69, 9.17) is 0 Å². The number of carbonyl (C=O) groups excluding carboxylic acids is 1. The summed E-state index contributed by atoms with van der Waals surface area (Å²) in [5.41, 5.74) is 4.23. The lowest BCUT2D eigenvalue weighted by Gasteiger charge is -2.38. The molecule has 7 heteroatoms. The third-order valence-corrected chi connectivity index (χ3v) is 5.90. The molecule has 3 aromatic rings. The Morgan fingerprint density at radius 1 is 0.938 bits per heavy atom. The standard InChI is InChI=1S/C25H26N4O3/c1-19(20-7-3-2-4-8-20)26-23-17-22(11-12-25(23)29(31)32)27-13-15-28(16-14-27)24-10-6-5-9-21(24)18-30/h2-12,17-19,26H,13-16H2,1H3. The number of carbonyl (C=O) groups is 1. The number of nitrogens with one attached hydrogen (secondary N) is 1. The van der Waals surface area contributed by atoms with Gasteiger partial charge in [0.1, 0.15) is 5.69 Å². The second kappa shape index (κ2) is 9.51. The first-order valence-corrected chi connectivity index (χ1v) is 10.7. The third kappa shape index (κ3) is 4.56. The Hall–Kier alpha value is -3.87. The van der Waals surface area contributed by atoms with Crippen molar-refractivity contribution in [2.75, 3.05) is 41.3 Å². The quantitative estimate of drug-likeness (QED) is 0.326. The summed E-state index contributed by atoms with van der Waals surface area (Å²) in [5.74, 6) is 0. The topological polar surface area (TPSA) is 78.7 Å². The van der Waals surface area contributed by atoms with Crippen molar-refractivity contribution in [3.05, 3.63) is 94.0 Å². The van der Waals surface area contributed by atoms with Crippen LogP contribution in [0.2, 0.25) is 0 Å². The second-order valence-corrected chi connectivity index (χ2v) is 7.89. The van der Waals surface area contributed by atoms with Crippen LogP contribution in [0.3, 0.4) is 0 Å². The number of nitrogens with zero attached hydrogens (tertiary/aromatic N) is 3. The Kier molecular flexibility index (Phi) is 6.35. The fourth-order valence-electron chi connectivity index (χ4n) is 4.13. The Morgan fingerprint density at radius 3 is 2.28 bits per heavy atom. The summed E-state index contributed by atoms with van der Waals surface area (Å²) in [6.45, 7) is 5.06. The van der Waals surface area contributed by atoms with E-state index in [1.54, 1.807) is 6.07 Å². The van der Waals surface area contributed by atoms with Gasteiger partial charge in [0.05, 0.1) is 4.92 Å². The summed E-state index contributed by atoms with van der Waals surface area (Å²) in [4.78, 5) is 27.1. The summed E-state index contributed by atoms with van der Waals surface area (Å²) >= 11 is 0. The average molecular weight is 431 g/mol. The van der Waals surface area contributed by atoms with E-state index in [0.29, 0.717) is 11.3 Å². The van der Waals surface area contributed by atoms with Crippen molar-refractivity contribution in [1.29, 1.82) is 0 Å². The van der Waals surface area contributed by atoms with E-state index >= 15 is 0 Å². The highest BCUT2D eigenvalue weighted by Crippen LogP contribution is 2.33. The molecule has 0 bridgehead atoms. The number of piperazine rings is 1. The van der Waals surface area contributed by atoms with Crippen LogP contribution in [0, 0.1) is 10.1 Å². The molecular formula is C25H26N4O3. The second-order valence-electron chi connectivity index (χ2n) is 7.89. The van der Waals surface area contributed by atoms with Crippen LogP contribution in [-0.4, -0.2) is 37.4 Å². The molecule has 0 amide bonds. The number of anilines is 3. The Bertz CT molecular complexity index is 1100. The highest BCUT2D eigenvalue weighted by Gasteiger charge is 2.22. The number of aldehydes is 1. The number of benzene rings is 3. The maximum atomic E-state index is 11.6. The van der Waals surface area contributed by atoms with Crippen molar-refractivity contribution in [2.24, 2.45) is 0 Å². The SMILES string of the molecule is CC(Nc1cc(N2CCN(c3ccccc3C=O)CC2)ccc1[N+](=O)[O-])c1ccccc1. The molecule has 0 aliphatic carbocycles. The Morgan fingerprint density at radius 2 is 1.59 bits per heavy atom. The van der Waals surface area contributed by atoms with Gasteiger partial charge < -0.3 is 15.1 Å². The molecule has 0 aromatic heterocycles. The maximum Gasteiger partial charge on any atom is 0.292 e. The van der Waals surface area contributed by atoms with Gasteiger partial charge in [0.25, 0.3) is 5.69 Å². The lowest BCUT2D eigenvalue weighted by molar-refractivity contribution is -0.384. The highest BCUT2D eigenvalue weighted by atomic mass is 16.6. The number of hydrogen-bond acceptors (Lipinski definition) is 6. The van der Waals surface area contributed by atoms with Gasteiger partial charge in [-0.25, -0.2) is 0 Å². The van der Waals surface area contributed by atoms with Crippen LogP contribution in [-0.2, 0) is 0 Å². The van der Waals surface area contributed by atoms with Crippen LogP contribution in [0.15, 0.2) is 72.8 Å². The zero-order chi connectivity index (χ0) is 22.5. The summed E-state index contributed by atoms with van der Waals surface area (Å²) in [7, 11) is 0. The van der Waals surface area contributed by atoms with Crippen molar-refractivity contribution in [3.63, 3.8) is 0 Å². The lowest BCUT2D eigenvalue weighted by atomic mass is 10.1. The van der Waals surface area contributed by atoms with Gasteiger partial charge in [-0.15, -0.1) is 0 Å². The van der Waals surface area contributed by atoms with Gasteiger partial charge in [0.2, 0.25) is 0 Å². The molecule has 1 aliphatic heterocycles. The summed E-state index contributed by atoms with van der Waals surface area (Å²) in [6.07, 6.45) is 0.893. The molecule has 7 nitrogen and oxygen atoms in total. The third-order valence-electron chi connectivity index (χ3n) is 5.90. The van der Waals surface area contributed by atoms with E-state index in [0.717, 1.165) is 49.4 Å². The smallest absolute Gasteiger partial charge is 0.292 e. The van der Waals surface area contributed by atoms with E-state index < -0.39 is 0 Å². The van der Waals surface area contributed by atoms with Crippen molar-refractivity contribution in [3.8, 4) is 0 Å². The molecule has 0 spiro atoms. The average Bonchev–Trinajstić information content (AvgIpc) is 2.84. The number of nitro groups is 1. The van der Waals surface area contributed by atoms with Gasteiger partial charge in [0.15, 0.2) is 6.29 Å². The fraction of sp³-hybridized carbons (Fsp3) is 0.240. The summed E-state index contributed by atoms with van der Waals surface area (Å²) < 4.78 is 0. The monoisotopic (exact) mass is 430 g/mol. The van der Waals surface area contributed by atoms with Crippen LogP contribution in [0.1, 0.15) is 28.9 Å². The van der Waals surface area contributed by atoms with Gasteiger partial charge >= 0.3 is 0 Å². The van der Waals surface area contributed by atoms with Crippen LogP contribution >= 0.6 is 0 Å².